The smallest absolute Gasteiger partial charge is 0.326 e. The highest BCUT2D eigenvalue weighted by Crippen LogP contribution is 2.24. The summed E-state index contributed by atoms with van der Waals surface area (Å²) in [5.74, 6) is -1.17. The molecule has 2 aromatic rings. The molecule has 1 saturated heterocycles. The van der Waals surface area contributed by atoms with Gasteiger partial charge in [-0.05, 0) is 49.8 Å². The van der Waals surface area contributed by atoms with E-state index in [0.717, 1.165) is 24.1 Å². The van der Waals surface area contributed by atoms with Crippen LogP contribution in [0.15, 0.2) is 29.0 Å². The number of amides is 1. The van der Waals surface area contributed by atoms with Crippen LogP contribution in [0.25, 0.3) is 11.3 Å². The fraction of sp³-hybridized carbons (Fsp3) is 0.353. The Kier molecular flexibility index (Phi) is 4.43. The Morgan fingerprint density at radius 1 is 1.30 bits per heavy atom. The van der Waals surface area contributed by atoms with E-state index in [-0.39, 0.29) is 5.91 Å². The number of carbonyl (C=O) groups excluding carboxylic acids is 1. The first kappa shape index (κ1) is 15.7. The second-order valence-corrected chi connectivity index (χ2v) is 6.47. The molecule has 1 fully saturated rings. The molecule has 1 N–H and O–H groups in total. The Bertz CT molecular complexity index is 727. The number of rotatable bonds is 3. The van der Waals surface area contributed by atoms with E-state index in [0.29, 0.717) is 24.2 Å². The molecule has 2 aromatic heterocycles. The molecule has 3 rings (SSSR count). The van der Waals surface area contributed by atoms with E-state index >= 15 is 0 Å². The van der Waals surface area contributed by atoms with Crippen LogP contribution >= 0.6 is 11.3 Å². The molecule has 0 aromatic carbocycles. The number of hydrogen-bond acceptors (Lipinski definition) is 4. The summed E-state index contributed by atoms with van der Waals surface area (Å²) >= 11 is 1.60. The molecule has 23 heavy (non-hydrogen) atoms. The maximum atomic E-state index is 12.8. The molecule has 1 atom stereocenters. The van der Waals surface area contributed by atoms with Crippen LogP contribution in [0.2, 0.25) is 0 Å². The number of hydrogen-bond donors (Lipinski definition) is 1. The Morgan fingerprint density at radius 3 is 2.78 bits per heavy atom. The fourth-order valence-corrected chi connectivity index (χ4v) is 3.59. The Hall–Kier alpha value is -2.21. The summed E-state index contributed by atoms with van der Waals surface area (Å²) in [6.45, 7) is 2.28. The van der Waals surface area contributed by atoms with Crippen LogP contribution in [0.1, 0.15) is 35.3 Å². The third-order valence-electron chi connectivity index (χ3n) is 4.18. The minimum absolute atomic E-state index is 0.237. The Balaban J connectivity index is 1.88. The average molecular weight is 330 g/mol. The minimum atomic E-state index is -0.932. The number of carboxylic acids is 1. The summed E-state index contributed by atoms with van der Waals surface area (Å²) in [5, 5.41) is 13.3. The fourth-order valence-electron chi connectivity index (χ4n) is 2.94. The van der Waals surface area contributed by atoms with Crippen molar-refractivity contribution in [3.8, 4) is 11.3 Å². The van der Waals surface area contributed by atoms with Crippen molar-refractivity contribution in [2.45, 2.75) is 32.2 Å². The molecule has 1 amide bonds. The Morgan fingerprint density at radius 2 is 2.13 bits per heavy atom. The largest absolute Gasteiger partial charge is 0.480 e. The van der Waals surface area contributed by atoms with Gasteiger partial charge < -0.3 is 10.0 Å². The summed E-state index contributed by atoms with van der Waals surface area (Å²) in [5.41, 5.74) is 2.97. The van der Waals surface area contributed by atoms with Gasteiger partial charge in [-0.15, -0.1) is 0 Å². The predicted octanol–water partition coefficient (Wildman–Crippen LogP) is 3.20. The zero-order chi connectivity index (χ0) is 16.4. The highest BCUT2D eigenvalue weighted by Gasteiger charge is 2.33. The second kappa shape index (κ2) is 6.50. The van der Waals surface area contributed by atoms with Crippen LogP contribution in [0.4, 0.5) is 0 Å². The molecule has 1 aliphatic heterocycles. The summed E-state index contributed by atoms with van der Waals surface area (Å²) < 4.78 is 0. The van der Waals surface area contributed by atoms with Crippen LogP contribution in [0.3, 0.4) is 0 Å². The molecule has 1 aliphatic rings. The van der Waals surface area contributed by atoms with Crippen molar-refractivity contribution in [3.05, 3.63) is 40.2 Å². The number of aliphatic carboxylic acids is 1. The number of likely N-dealkylation sites (tertiary alicyclic amines) is 1. The van der Waals surface area contributed by atoms with Crippen molar-refractivity contribution in [2.75, 3.05) is 6.54 Å². The molecule has 3 heterocycles. The molecule has 120 valence electrons. The topological polar surface area (TPSA) is 70.5 Å². The highest BCUT2D eigenvalue weighted by molar-refractivity contribution is 7.08. The number of piperidine rings is 1. The van der Waals surface area contributed by atoms with Gasteiger partial charge in [-0.25, -0.2) is 4.79 Å². The number of thiophene rings is 1. The molecular formula is C17H18N2O3S. The third-order valence-corrected chi connectivity index (χ3v) is 4.87. The Labute approximate surface area is 138 Å². The van der Waals surface area contributed by atoms with Gasteiger partial charge in [0.1, 0.15) is 6.04 Å². The second-order valence-electron chi connectivity index (χ2n) is 5.69. The van der Waals surface area contributed by atoms with E-state index in [4.69, 9.17) is 0 Å². The van der Waals surface area contributed by atoms with Gasteiger partial charge in [-0.1, -0.05) is 0 Å². The number of carbonyl (C=O) groups is 2. The SMILES string of the molecule is Cc1nc(-c2ccsc2)ccc1C(=O)N1CCCC[C@@H]1C(=O)O. The van der Waals surface area contributed by atoms with E-state index in [1.54, 1.807) is 24.3 Å². The van der Waals surface area contributed by atoms with Gasteiger partial charge in [-0.2, -0.15) is 11.3 Å². The van der Waals surface area contributed by atoms with Gasteiger partial charge in [0.05, 0.1) is 17.0 Å². The number of aryl methyl sites for hydroxylation is 1. The number of aromatic nitrogens is 1. The van der Waals surface area contributed by atoms with E-state index < -0.39 is 12.0 Å². The normalized spacial score (nSPS) is 18.0. The number of nitrogens with zero attached hydrogens (tertiary/aromatic N) is 2. The molecular weight excluding hydrogens is 312 g/mol. The first-order chi connectivity index (χ1) is 11.1. The van der Waals surface area contributed by atoms with E-state index in [1.165, 1.54) is 4.90 Å². The van der Waals surface area contributed by atoms with Crippen LogP contribution in [0, 0.1) is 6.92 Å². The predicted molar refractivity (Wildman–Crippen MR) is 88.6 cm³/mol. The molecule has 0 bridgehead atoms. The third kappa shape index (κ3) is 3.12. The zero-order valence-corrected chi connectivity index (χ0v) is 13.7. The van der Waals surface area contributed by atoms with Crippen LogP contribution in [-0.2, 0) is 4.79 Å². The standard InChI is InChI=1S/C17H18N2O3S/c1-11-13(5-6-14(18-11)12-7-9-23-10-12)16(20)19-8-3-2-4-15(19)17(21)22/h5-7,9-10,15H,2-4,8H2,1H3,(H,21,22)/t15-/m1/s1. The van der Waals surface area contributed by atoms with Gasteiger partial charge in [0.15, 0.2) is 0 Å². The van der Waals surface area contributed by atoms with Crippen LogP contribution < -0.4 is 0 Å². The van der Waals surface area contributed by atoms with Crippen molar-refractivity contribution < 1.29 is 14.7 Å². The first-order valence-electron chi connectivity index (χ1n) is 7.62. The zero-order valence-electron chi connectivity index (χ0n) is 12.9. The van der Waals surface area contributed by atoms with Crippen LogP contribution in [0.5, 0.6) is 0 Å². The van der Waals surface area contributed by atoms with Crippen LogP contribution in [-0.4, -0.2) is 39.5 Å². The first-order valence-corrected chi connectivity index (χ1v) is 8.56. The molecule has 0 spiro atoms. The highest BCUT2D eigenvalue weighted by atomic mass is 32.1. The van der Waals surface area contributed by atoms with Crippen molar-refractivity contribution >= 4 is 23.2 Å². The molecule has 6 heteroatoms. The maximum Gasteiger partial charge on any atom is 0.326 e. The maximum absolute atomic E-state index is 12.8. The molecule has 0 saturated carbocycles. The lowest BCUT2D eigenvalue weighted by atomic mass is 10.0. The lowest BCUT2D eigenvalue weighted by molar-refractivity contribution is -0.143. The van der Waals surface area contributed by atoms with Crippen molar-refractivity contribution in [3.63, 3.8) is 0 Å². The van der Waals surface area contributed by atoms with E-state index in [9.17, 15) is 14.7 Å². The summed E-state index contributed by atoms with van der Waals surface area (Å²) in [7, 11) is 0. The minimum Gasteiger partial charge on any atom is -0.480 e. The van der Waals surface area contributed by atoms with Gasteiger partial charge >= 0.3 is 5.97 Å². The van der Waals surface area contributed by atoms with Gasteiger partial charge in [0, 0.05) is 17.5 Å². The lowest BCUT2D eigenvalue weighted by Crippen LogP contribution is -2.48. The van der Waals surface area contributed by atoms with E-state index in [1.807, 2.05) is 22.9 Å². The average Bonchev–Trinajstić information content (AvgIpc) is 3.08. The van der Waals surface area contributed by atoms with Gasteiger partial charge in [0.2, 0.25) is 0 Å². The van der Waals surface area contributed by atoms with Gasteiger partial charge in [-0.3, -0.25) is 9.78 Å². The molecule has 5 nitrogen and oxygen atoms in total. The lowest BCUT2D eigenvalue weighted by Gasteiger charge is -2.33. The summed E-state index contributed by atoms with van der Waals surface area (Å²) in [6.07, 6.45) is 2.20. The molecule has 0 radical (unpaired) electrons. The molecule has 0 aliphatic carbocycles. The summed E-state index contributed by atoms with van der Waals surface area (Å²) in [6, 6.07) is 4.83. The molecule has 0 unspecified atom stereocenters. The van der Waals surface area contributed by atoms with Crippen molar-refractivity contribution in [2.24, 2.45) is 0 Å². The quantitative estimate of drug-likeness (QED) is 0.938. The number of pyridine rings is 1. The summed E-state index contributed by atoms with van der Waals surface area (Å²) in [4.78, 5) is 30.1. The van der Waals surface area contributed by atoms with Gasteiger partial charge in [0.25, 0.3) is 5.91 Å². The van der Waals surface area contributed by atoms with Crippen molar-refractivity contribution in [1.29, 1.82) is 0 Å². The number of carboxylic acid groups (broad SMARTS) is 1. The monoisotopic (exact) mass is 330 g/mol. The van der Waals surface area contributed by atoms with Crippen molar-refractivity contribution in [1.82, 2.24) is 9.88 Å². The van der Waals surface area contributed by atoms with E-state index in [2.05, 4.69) is 4.98 Å².